The van der Waals surface area contributed by atoms with Crippen molar-refractivity contribution in [3.05, 3.63) is 90.8 Å². The summed E-state index contributed by atoms with van der Waals surface area (Å²) in [7, 11) is 0. The molecule has 0 spiro atoms. The van der Waals surface area contributed by atoms with Crippen LogP contribution in [-0.4, -0.2) is 14.0 Å². The molecule has 3 aromatic carbocycles. The van der Waals surface area contributed by atoms with Gasteiger partial charge in [0.2, 0.25) is 0 Å². The predicted molar refractivity (Wildman–Crippen MR) is 121 cm³/mol. The third-order valence-corrected chi connectivity index (χ3v) is 5.88. The zero-order chi connectivity index (χ0) is 20.2. The van der Waals surface area contributed by atoms with Crippen LogP contribution in [0.5, 0.6) is 0 Å². The highest BCUT2D eigenvalue weighted by molar-refractivity contribution is 6.09. The SMILES string of the molecule is CC(C)c1ccc(-c2nc3occn3c2-n2c3ccccc3c3ccccc32)cc1. The van der Waals surface area contributed by atoms with Crippen molar-refractivity contribution in [1.29, 1.82) is 0 Å². The molecule has 0 saturated carbocycles. The Kier molecular flexibility index (Phi) is 3.62. The Labute approximate surface area is 174 Å². The van der Waals surface area contributed by atoms with Gasteiger partial charge in [0.05, 0.1) is 17.2 Å². The Hall–Kier alpha value is -3.79. The molecule has 0 amide bonds. The van der Waals surface area contributed by atoms with Gasteiger partial charge in [0.15, 0.2) is 5.82 Å². The maximum absolute atomic E-state index is 5.68. The Morgan fingerprint density at radius 3 is 2.07 bits per heavy atom. The molecule has 6 aromatic rings. The molecule has 0 aliphatic carbocycles. The molecule has 3 aromatic heterocycles. The van der Waals surface area contributed by atoms with Gasteiger partial charge in [0, 0.05) is 16.3 Å². The molecule has 3 heterocycles. The standard InChI is InChI=1S/C26H21N3O/c1-17(2)18-11-13-19(14-12-18)24-25(28-15-16-30-26(28)27-24)29-22-9-5-3-7-20(22)21-8-4-6-10-23(21)29/h3-17H,1-2H3. The van der Waals surface area contributed by atoms with Crippen molar-refractivity contribution in [2.24, 2.45) is 0 Å². The second-order valence-electron chi connectivity index (χ2n) is 7.99. The van der Waals surface area contributed by atoms with Crippen molar-refractivity contribution < 1.29 is 4.42 Å². The molecular weight excluding hydrogens is 370 g/mol. The molecular formula is C26H21N3O. The van der Waals surface area contributed by atoms with Crippen LogP contribution in [0.2, 0.25) is 0 Å². The summed E-state index contributed by atoms with van der Waals surface area (Å²) in [5, 5.41) is 2.46. The van der Waals surface area contributed by atoms with Gasteiger partial charge in [-0.3, -0.25) is 8.97 Å². The Bertz CT molecular complexity index is 1460. The summed E-state index contributed by atoms with van der Waals surface area (Å²) in [5.41, 5.74) is 5.62. The molecule has 0 atom stereocenters. The lowest BCUT2D eigenvalue weighted by Crippen LogP contribution is -2.00. The lowest BCUT2D eigenvalue weighted by atomic mass is 10.0. The quantitative estimate of drug-likeness (QED) is 0.332. The molecule has 0 saturated heterocycles. The van der Waals surface area contributed by atoms with Gasteiger partial charge in [-0.25, -0.2) is 0 Å². The number of hydrogen-bond acceptors (Lipinski definition) is 2. The number of rotatable bonds is 3. The van der Waals surface area contributed by atoms with E-state index in [4.69, 9.17) is 9.40 Å². The molecule has 0 N–H and O–H groups in total. The maximum Gasteiger partial charge on any atom is 0.308 e. The van der Waals surface area contributed by atoms with Gasteiger partial charge < -0.3 is 4.42 Å². The van der Waals surface area contributed by atoms with E-state index in [1.54, 1.807) is 6.26 Å². The first-order valence-corrected chi connectivity index (χ1v) is 10.3. The Morgan fingerprint density at radius 2 is 1.43 bits per heavy atom. The van der Waals surface area contributed by atoms with E-state index in [1.165, 1.54) is 16.3 Å². The fourth-order valence-electron chi connectivity index (χ4n) is 4.36. The second kappa shape index (κ2) is 6.36. The average Bonchev–Trinajstić information content (AvgIpc) is 3.45. The second-order valence-corrected chi connectivity index (χ2v) is 7.99. The number of aromatic nitrogens is 3. The van der Waals surface area contributed by atoms with Crippen molar-refractivity contribution in [3.63, 3.8) is 0 Å². The van der Waals surface area contributed by atoms with Crippen LogP contribution in [-0.2, 0) is 0 Å². The van der Waals surface area contributed by atoms with Crippen LogP contribution in [0.15, 0.2) is 89.7 Å². The molecule has 0 aliphatic rings. The average molecular weight is 391 g/mol. The molecule has 0 aliphatic heterocycles. The summed E-state index contributed by atoms with van der Waals surface area (Å²) in [6, 6.07) is 25.8. The van der Waals surface area contributed by atoms with Crippen LogP contribution < -0.4 is 0 Å². The van der Waals surface area contributed by atoms with Crippen molar-refractivity contribution >= 4 is 27.6 Å². The minimum absolute atomic E-state index is 0.495. The highest BCUT2D eigenvalue weighted by Gasteiger charge is 2.22. The number of benzene rings is 3. The normalized spacial score (nSPS) is 12.0. The highest BCUT2D eigenvalue weighted by atomic mass is 16.3. The molecule has 0 unspecified atom stereocenters. The molecule has 146 valence electrons. The van der Waals surface area contributed by atoms with Crippen LogP contribution in [0.4, 0.5) is 0 Å². The zero-order valence-corrected chi connectivity index (χ0v) is 16.9. The Morgan fingerprint density at radius 1 is 0.800 bits per heavy atom. The largest absolute Gasteiger partial charge is 0.432 e. The van der Waals surface area contributed by atoms with Crippen LogP contribution >= 0.6 is 0 Å². The minimum Gasteiger partial charge on any atom is -0.432 e. The summed E-state index contributed by atoms with van der Waals surface area (Å²) < 4.78 is 10.0. The van der Waals surface area contributed by atoms with E-state index in [9.17, 15) is 0 Å². The van der Waals surface area contributed by atoms with Crippen molar-refractivity contribution in [2.45, 2.75) is 19.8 Å². The number of para-hydroxylation sites is 2. The summed E-state index contributed by atoms with van der Waals surface area (Å²) in [4.78, 5) is 4.86. The number of imidazole rings is 1. The predicted octanol–water partition coefficient (Wildman–Crippen LogP) is 6.81. The molecule has 4 nitrogen and oxygen atoms in total. The van der Waals surface area contributed by atoms with Crippen LogP contribution in [0, 0.1) is 0 Å². The van der Waals surface area contributed by atoms with Gasteiger partial charge in [0.25, 0.3) is 0 Å². The summed E-state index contributed by atoms with van der Waals surface area (Å²) >= 11 is 0. The molecule has 0 radical (unpaired) electrons. The summed E-state index contributed by atoms with van der Waals surface area (Å²) in [6.07, 6.45) is 3.62. The minimum atomic E-state index is 0.495. The van der Waals surface area contributed by atoms with Crippen LogP contribution in [0.25, 0.3) is 44.7 Å². The smallest absolute Gasteiger partial charge is 0.308 e. The van der Waals surface area contributed by atoms with E-state index in [1.807, 2.05) is 10.6 Å². The van der Waals surface area contributed by atoms with Gasteiger partial charge in [-0.05, 0) is 23.6 Å². The van der Waals surface area contributed by atoms with Gasteiger partial charge in [-0.15, -0.1) is 0 Å². The lowest BCUT2D eigenvalue weighted by Gasteiger charge is -2.10. The van der Waals surface area contributed by atoms with Gasteiger partial charge in [-0.1, -0.05) is 74.5 Å². The summed E-state index contributed by atoms with van der Waals surface area (Å²) in [6.45, 7) is 4.42. The number of hydrogen-bond donors (Lipinski definition) is 0. The van der Waals surface area contributed by atoms with Crippen molar-refractivity contribution in [1.82, 2.24) is 14.0 Å². The van der Waals surface area contributed by atoms with E-state index in [-0.39, 0.29) is 0 Å². The van der Waals surface area contributed by atoms with E-state index >= 15 is 0 Å². The zero-order valence-electron chi connectivity index (χ0n) is 16.9. The molecule has 4 heteroatoms. The lowest BCUT2D eigenvalue weighted by molar-refractivity contribution is 0.596. The summed E-state index contributed by atoms with van der Waals surface area (Å²) in [5.74, 6) is 2.08. The molecule has 30 heavy (non-hydrogen) atoms. The Balaban J connectivity index is 1.71. The number of oxazole rings is 1. The highest BCUT2D eigenvalue weighted by Crippen LogP contribution is 2.36. The van der Waals surface area contributed by atoms with Crippen molar-refractivity contribution in [2.75, 3.05) is 0 Å². The fourth-order valence-corrected chi connectivity index (χ4v) is 4.36. The maximum atomic E-state index is 5.68. The first-order valence-electron chi connectivity index (χ1n) is 10.3. The third-order valence-electron chi connectivity index (χ3n) is 5.88. The fraction of sp³-hybridized carbons (Fsp3) is 0.115. The first kappa shape index (κ1) is 17.1. The molecule has 0 bridgehead atoms. The van der Waals surface area contributed by atoms with Gasteiger partial charge in [-0.2, -0.15) is 4.98 Å². The first-order chi connectivity index (χ1) is 14.7. The van der Waals surface area contributed by atoms with Crippen molar-refractivity contribution in [3.8, 4) is 17.1 Å². The molecule has 6 rings (SSSR count). The number of fused-ring (bicyclic) bond motifs is 4. The topological polar surface area (TPSA) is 35.4 Å². The van der Waals surface area contributed by atoms with E-state index in [0.717, 1.165) is 28.1 Å². The van der Waals surface area contributed by atoms with E-state index in [2.05, 4.69) is 91.2 Å². The van der Waals surface area contributed by atoms with Crippen LogP contribution in [0.3, 0.4) is 0 Å². The molecule has 0 fully saturated rings. The van der Waals surface area contributed by atoms with Crippen LogP contribution in [0.1, 0.15) is 25.3 Å². The van der Waals surface area contributed by atoms with E-state index in [0.29, 0.717) is 11.8 Å². The van der Waals surface area contributed by atoms with Gasteiger partial charge >= 0.3 is 5.84 Å². The monoisotopic (exact) mass is 391 g/mol. The van der Waals surface area contributed by atoms with E-state index < -0.39 is 0 Å². The van der Waals surface area contributed by atoms with Gasteiger partial charge in [0.1, 0.15) is 12.0 Å². The third kappa shape index (κ3) is 2.37. The number of nitrogens with zero attached hydrogens (tertiary/aromatic N) is 3.